The van der Waals surface area contributed by atoms with E-state index in [0.29, 0.717) is 12.0 Å². The first kappa shape index (κ1) is 29.3. The molecule has 12 heteroatoms. The van der Waals surface area contributed by atoms with Gasteiger partial charge in [-0.3, -0.25) is 14.7 Å². The number of aromatic nitrogens is 2. The zero-order valence-corrected chi connectivity index (χ0v) is 21.8. The lowest BCUT2D eigenvalue weighted by Gasteiger charge is -2.39. The highest BCUT2D eigenvalue weighted by Crippen LogP contribution is 2.31. The van der Waals surface area contributed by atoms with Crippen LogP contribution < -0.4 is 15.8 Å². The summed E-state index contributed by atoms with van der Waals surface area (Å²) in [7, 11) is 0. The monoisotopic (exact) mass is 532 g/mol. The number of hydrogen-bond acceptors (Lipinski definition) is 9. The standard InChI is InChI=1S/C26H36N4O8/c1-13(2)19-16(23(30-29-19)38-24-22(35)21(34)20(33)17(12-31)37-24)11-15-7-5-14(6-8-15)9-10-18(32)28-26(3,4)25(27)36/h5-10,13,17,20-22,24,31,33-35H,11-12H2,1-4H3,(H2,27,36)(H,28,32)(H,29,30)/t17-,20-,21+,22-,24+/m1/s1. The minimum Gasteiger partial charge on any atom is -0.443 e. The number of carbonyl (C=O) groups excluding carboxylic acids is 2. The molecule has 5 atom stereocenters. The highest BCUT2D eigenvalue weighted by molar-refractivity contribution is 5.96. The summed E-state index contributed by atoms with van der Waals surface area (Å²) in [5, 5.41) is 49.6. The Labute approximate surface area is 220 Å². The van der Waals surface area contributed by atoms with E-state index in [1.807, 2.05) is 38.1 Å². The molecule has 12 nitrogen and oxygen atoms in total. The lowest BCUT2D eigenvalue weighted by Crippen LogP contribution is -2.60. The minimum absolute atomic E-state index is 0.0648. The summed E-state index contributed by atoms with van der Waals surface area (Å²) < 4.78 is 11.3. The molecule has 1 aromatic heterocycles. The van der Waals surface area contributed by atoms with Gasteiger partial charge < -0.3 is 41.0 Å². The third-order valence-corrected chi connectivity index (χ3v) is 6.35. The zero-order chi connectivity index (χ0) is 28.2. The number of benzene rings is 1. The third-order valence-electron chi connectivity index (χ3n) is 6.35. The number of primary amides is 1. The summed E-state index contributed by atoms with van der Waals surface area (Å²) in [5.74, 6) is -0.864. The van der Waals surface area contributed by atoms with Crippen LogP contribution in [0, 0.1) is 0 Å². The Bertz CT molecular complexity index is 1140. The molecule has 1 saturated heterocycles. The molecule has 1 aromatic carbocycles. The second-order valence-electron chi connectivity index (χ2n) is 10.1. The van der Waals surface area contributed by atoms with E-state index in [1.165, 1.54) is 19.9 Å². The highest BCUT2D eigenvalue weighted by Gasteiger charge is 2.45. The lowest BCUT2D eigenvalue weighted by atomic mass is 9.98. The fourth-order valence-corrected chi connectivity index (χ4v) is 3.92. The fraction of sp³-hybridized carbons (Fsp3) is 0.500. The first-order chi connectivity index (χ1) is 17.8. The molecular weight excluding hydrogens is 496 g/mol. The number of aliphatic hydroxyl groups is 4. The van der Waals surface area contributed by atoms with Crippen molar-refractivity contribution in [1.29, 1.82) is 0 Å². The Hall–Kier alpha value is -3.29. The Morgan fingerprint density at radius 2 is 1.84 bits per heavy atom. The molecule has 0 saturated carbocycles. The summed E-state index contributed by atoms with van der Waals surface area (Å²) in [5.41, 5.74) is 7.30. The lowest BCUT2D eigenvalue weighted by molar-refractivity contribution is -0.278. The molecule has 208 valence electrons. The predicted molar refractivity (Wildman–Crippen MR) is 137 cm³/mol. The van der Waals surface area contributed by atoms with Crippen molar-refractivity contribution in [1.82, 2.24) is 15.5 Å². The Morgan fingerprint density at radius 3 is 2.42 bits per heavy atom. The molecule has 2 amide bonds. The highest BCUT2D eigenvalue weighted by atomic mass is 16.7. The number of ether oxygens (including phenoxy) is 2. The number of hydrogen-bond donors (Lipinski definition) is 7. The maximum Gasteiger partial charge on any atom is 0.244 e. The molecule has 0 radical (unpaired) electrons. The van der Waals surface area contributed by atoms with Gasteiger partial charge in [-0.15, -0.1) is 5.10 Å². The molecule has 0 unspecified atom stereocenters. The zero-order valence-electron chi connectivity index (χ0n) is 21.8. The van der Waals surface area contributed by atoms with Crippen molar-refractivity contribution in [2.24, 2.45) is 5.73 Å². The van der Waals surface area contributed by atoms with Gasteiger partial charge in [-0.2, -0.15) is 0 Å². The molecular formula is C26H36N4O8. The quantitative estimate of drug-likeness (QED) is 0.201. The van der Waals surface area contributed by atoms with Crippen LogP contribution in [0.3, 0.4) is 0 Å². The van der Waals surface area contributed by atoms with E-state index in [9.17, 15) is 30.0 Å². The third kappa shape index (κ3) is 6.77. The molecule has 1 aliphatic heterocycles. The van der Waals surface area contributed by atoms with Gasteiger partial charge in [-0.25, -0.2) is 0 Å². The number of nitrogens with two attached hydrogens (primary N) is 1. The molecule has 0 spiro atoms. The number of nitrogens with zero attached hydrogens (tertiary/aromatic N) is 1. The second kappa shape index (κ2) is 12.0. The maximum atomic E-state index is 12.1. The maximum absolute atomic E-state index is 12.1. The van der Waals surface area contributed by atoms with Gasteiger partial charge in [0.15, 0.2) is 0 Å². The van der Waals surface area contributed by atoms with Crippen LogP contribution in [0.25, 0.3) is 6.08 Å². The van der Waals surface area contributed by atoms with E-state index in [2.05, 4.69) is 15.5 Å². The second-order valence-corrected chi connectivity index (χ2v) is 10.1. The van der Waals surface area contributed by atoms with Gasteiger partial charge in [0.2, 0.25) is 24.0 Å². The molecule has 38 heavy (non-hydrogen) atoms. The summed E-state index contributed by atoms with van der Waals surface area (Å²) in [4.78, 5) is 23.5. The number of carbonyl (C=O) groups is 2. The minimum atomic E-state index is -1.57. The number of nitrogens with one attached hydrogen (secondary N) is 2. The summed E-state index contributed by atoms with van der Waals surface area (Å²) in [6.45, 7) is 6.43. The topological polar surface area (TPSA) is 200 Å². The van der Waals surface area contributed by atoms with Crippen LogP contribution in [0.4, 0.5) is 0 Å². The van der Waals surface area contributed by atoms with Gasteiger partial charge in [0.1, 0.15) is 30.0 Å². The van der Waals surface area contributed by atoms with E-state index in [1.54, 1.807) is 6.08 Å². The van der Waals surface area contributed by atoms with Gasteiger partial charge in [0.05, 0.1) is 6.61 Å². The van der Waals surface area contributed by atoms with Crippen LogP contribution in [0.1, 0.15) is 56.0 Å². The number of aliphatic hydroxyl groups excluding tert-OH is 4. The Kier molecular flexibility index (Phi) is 9.28. The van der Waals surface area contributed by atoms with Crippen LogP contribution in [0.2, 0.25) is 0 Å². The van der Waals surface area contributed by atoms with Crippen molar-refractivity contribution in [2.45, 2.75) is 76.3 Å². The molecule has 1 fully saturated rings. The summed E-state index contributed by atoms with van der Waals surface area (Å²) in [6, 6.07) is 7.40. The number of amides is 2. The van der Waals surface area contributed by atoms with Crippen LogP contribution >= 0.6 is 0 Å². The van der Waals surface area contributed by atoms with Gasteiger partial charge >= 0.3 is 0 Å². The fourth-order valence-electron chi connectivity index (χ4n) is 3.92. The number of rotatable bonds is 10. The molecule has 2 aromatic rings. The summed E-state index contributed by atoms with van der Waals surface area (Å²) >= 11 is 0. The van der Waals surface area contributed by atoms with E-state index >= 15 is 0 Å². The first-order valence-corrected chi connectivity index (χ1v) is 12.3. The van der Waals surface area contributed by atoms with Gasteiger partial charge in [-0.05, 0) is 37.0 Å². The van der Waals surface area contributed by atoms with Crippen LogP contribution in [-0.4, -0.2) is 85.3 Å². The molecule has 3 rings (SSSR count). The predicted octanol–water partition coefficient (Wildman–Crippen LogP) is -0.304. The van der Waals surface area contributed by atoms with E-state index in [4.69, 9.17) is 15.2 Å². The van der Waals surface area contributed by atoms with Crippen molar-refractivity contribution < 1.29 is 39.5 Å². The first-order valence-electron chi connectivity index (χ1n) is 12.3. The van der Waals surface area contributed by atoms with Crippen molar-refractivity contribution >= 4 is 17.9 Å². The Morgan fingerprint density at radius 1 is 1.18 bits per heavy atom. The SMILES string of the molecule is CC(C)c1[nH]nc(O[C@@H]2O[C@H](CO)[C@@H](O)[C@H](O)[C@H]2O)c1Cc1ccc(C=CC(=O)NC(C)(C)C(N)=O)cc1. The molecule has 2 heterocycles. The van der Waals surface area contributed by atoms with Gasteiger partial charge in [0, 0.05) is 23.8 Å². The van der Waals surface area contributed by atoms with E-state index in [-0.39, 0.29) is 11.8 Å². The molecule has 8 N–H and O–H groups in total. The molecule has 0 bridgehead atoms. The van der Waals surface area contributed by atoms with Crippen molar-refractivity contribution in [3.05, 3.63) is 52.7 Å². The van der Waals surface area contributed by atoms with Crippen LogP contribution in [0.15, 0.2) is 30.3 Å². The largest absolute Gasteiger partial charge is 0.443 e. The van der Waals surface area contributed by atoms with Crippen molar-refractivity contribution in [2.75, 3.05) is 6.61 Å². The van der Waals surface area contributed by atoms with Crippen molar-refractivity contribution in [3.63, 3.8) is 0 Å². The van der Waals surface area contributed by atoms with Gasteiger partial charge in [0.25, 0.3) is 0 Å². The van der Waals surface area contributed by atoms with Crippen molar-refractivity contribution in [3.8, 4) is 5.88 Å². The number of aromatic amines is 1. The summed E-state index contributed by atoms with van der Waals surface area (Å²) in [6.07, 6.45) is -3.73. The molecule has 1 aliphatic rings. The normalized spacial score (nSPS) is 24.1. The smallest absolute Gasteiger partial charge is 0.244 e. The van der Waals surface area contributed by atoms with Crippen LogP contribution in [-0.2, 0) is 20.7 Å². The molecule has 0 aliphatic carbocycles. The number of H-pyrrole nitrogens is 1. The van der Waals surface area contributed by atoms with E-state index in [0.717, 1.165) is 16.8 Å². The average Bonchev–Trinajstić information content (AvgIpc) is 3.25. The Balaban J connectivity index is 1.74. The van der Waals surface area contributed by atoms with Gasteiger partial charge in [-0.1, -0.05) is 38.1 Å². The van der Waals surface area contributed by atoms with E-state index < -0.39 is 54.7 Å². The van der Waals surface area contributed by atoms with Crippen LogP contribution in [0.5, 0.6) is 5.88 Å². The average molecular weight is 533 g/mol.